The summed E-state index contributed by atoms with van der Waals surface area (Å²) in [6.45, 7) is 36.6. The van der Waals surface area contributed by atoms with Crippen molar-refractivity contribution in [2.45, 2.75) is 138 Å². The highest BCUT2D eigenvalue weighted by Crippen LogP contribution is 2.48. The SMILES string of the molecule is CC(C)c1cc([Si](C)(C)C)cc(C(C)C)c1-n1c(-c2cc(C(C)(C)C)cc(C(C)(C)C)c2O)nc2c(-c3cc(-c4ccc5c(n4)nc4cc(F)c6ccccc6n45)cc(C(C)(C)C)c3)cc3ccccc3c21. The van der Waals surface area contributed by atoms with E-state index in [0.29, 0.717) is 16.7 Å². The minimum atomic E-state index is -1.77. The number of aromatic nitrogens is 5. The molecule has 8 heteroatoms. The average Bonchev–Trinajstić information content (AvgIpc) is 3.88. The fourth-order valence-electron chi connectivity index (χ4n) is 10.5. The molecule has 0 aliphatic heterocycles. The van der Waals surface area contributed by atoms with Crippen LogP contribution < -0.4 is 5.19 Å². The van der Waals surface area contributed by atoms with Gasteiger partial charge in [0.1, 0.15) is 23.0 Å². The fourth-order valence-corrected chi connectivity index (χ4v) is 11.7. The van der Waals surface area contributed by atoms with E-state index in [0.717, 1.165) is 89.0 Å². The molecule has 10 rings (SSSR count). The van der Waals surface area contributed by atoms with Crippen molar-refractivity contribution < 1.29 is 9.50 Å². The summed E-state index contributed by atoms with van der Waals surface area (Å²) in [5.41, 5.74) is 15.0. The van der Waals surface area contributed by atoms with E-state index in [9.17, 15) is 5.11 Å². The molecule has 0 saturated carbocycles. The van der Waals surface area contributed by atoms with Crippen LogP contribution >= 0.6 is 0 Å². The molecule has 4 heterocycles. The molecule has 72 heavy (non-hydrogen) atoms. The lowest BCUT2D eigenvalue weighted by atomic mass is 9.79. The minimum Gasteiger partial charge on any atom is -0.507 e. The topological polar surface area (TPSA) is 68.2 Å². The van der Waals surface area contributed by atoms with Crippen LogP contribution in [0.5, 0.6) is 5.75 Å². The van der Waals surface area contributed by atoms with Crippen molar-refractivity contribution in [3.63, 3.8) is 0 Å². The number of imidazole rings is 2. The molecule has 0 spiro atoms. The zero-order chi connectivity index (χ0) is 51.7. The predicted octanol–water partition coefficient (Wildman–Crippen LogP) is 17.1. The monoisotopic (exact) mass is 972 g/mol. The Morgan fingerprint density at radius 2 is 1.19 bits per heavy atom. The Hall–Kier alpha value is -6.64. The maximum Gasteiger partial charge on any atom is 0.179 e. The molecule has 0 fully saturated rings. The van der Waals surface area contributed by atoms with Crippen LogP contribution in [-0.4, -0.2) is 37.1 Å². The molecule has 0 amide bonds. The second kappa shape index (κ2) is 17.0. The second-order valence-electron chi connectivity index (χ2n) is 25.0. The maximum absolute atomic E-state index is 15.4. The van der Waals surface area contributed by atoms with Crippen molar-refractivity contribution in [1.29, 1.82) is 0 Å². The Balaban J connectivity index is 1.34. The lowest BCUT2D eigenvalue weighted by molar-refractivity contribution is 0.446. The minimum absolute atomic E-state index is 0.190. The van der Waals surface area contributed by atoms with Crippen molar-refractivity contribution in [2.24, 2.45) is 0 Å². The van der Waals surface area contributed by atoms with E-state index in [2.05, 4.69) is 199 Å². The normalized spacial score (nSPS) is 13.1. The van der Waals surface area contributed by atoms with Crippen molar-refractivity contribution in [3.05, 3.63) is 149 Å². The van der Waals surface area contributed by atoms with Gasteiger partial charge in [-0.15, -0.1) is 0 Å². The molecule has 4 aromatic heterocycles. The number of rotatable bonds is 7. The molecular weight excluding hydrogens is 902 g/mol. The van der Waals surface area contributed by atoms with Gasteiger partial charge in [0.05, 0.1) is 47.1 Å². The van der Waals surface area contributed by atoms with E-state index >= 15 is 4.39 Å². The second-order valence-corrected chi connectivity index (χ2v) is 30.1. The van der Waals surface area contributed by atoms with Gasteiger partial charge in [-0.05, 0) is 110 Å². The van der Waals surface area contributed by atoms with E-state index in [1.54, 1.807) is 6.07 Å². The highest BCUT2D eigenvalue weighted by Gasteiger charge is 2.33. The first-order chi connectivity index (χ1) is 33.7. The first-order valence-corrected chi connectivity index (χ1v) is 29.2. The number of hydrogen-bond acceptors (Lipinski definition) is 4. The number of fused-ring (bicyclic) bond motifs is 8. The number of hydrogen-bond donors (Lipinski definition) is 1. The molecule has 6 aromatic carbocycles. The molecule has 6 nitrogen and oxygen atoms in total. The van der Waals surface area contributed by atoms with Gasteiger partial charge in [0, 0.05) is 33.5 Å². The van der Waals surface area contributed by atoms with Crippen molar-refractivity contribution >= 4 is 62.8 Å². The summed E-state index contributed by atoms with van der Waals surface area (Å²) in [5.74, 6) is 1.05. The van der Waals surface area contributed by atoms with Gasteiger partial charge in [-0.1, -0.05) is 176 Å². The molecule has 0 radical (unpaired) electrons. The van der Waals surface area contributed by atoms with Crippen LogP contribution in [0.3, 0.4) is 0 Å². The maximum atomic E-state index is 15.4. The van der Waals surface area contributed by atoms with Crippen LogP contribution in [0.25, 0.3) is 89.0 Å². The van der Waals surface area contributed by atoms with Gasteiger partial charge in [0.15, 0.2) is 5.65 Å². The zero-order valence-corrected chi connectivity index (χ0v) is 46.2. The standard InChI is InChI=1S/C64H70FN5OSi/c1-36(2)46-33-43(72(14,15)16)34-47(37(3)4)57(46)70-58-44-22-18-17-21-38(44)30-48(56(58)68-61(70)49-31-42(63(8,9)10)32-50(59(49)71)64(11,12)13)39-27-40(29-41(28-39)62(5,6)7)52-25-26-54-60(66-52)67-55-35-51(65)45-23-19-20-24-53(45)69(54)55/h17-37,71H,1-16H3. The molecule has 0 aliphatic rings. The van der Waals surface area contributed by atoms with Crippen LogP contribution in [0.2, 0.25) is 19.6 Å². The van der Waals surface area contributed by atoms with Crippen LogP contribution in [-0.2, 0) is 16.2 Å². The molecular formula is C64H70FN5OSi. The Bertz CT molecular complexity index is 3800. The highest BCUT2D eigenvalue weighted by molar-refractivity contribution is 6.88. The molecule has 0 aliphatic carbocycles. The quantitative estimate of drug-likeness (QED) is 0.162. The van der Waals surface area contributed by atoms with Gasteiger partial charge < -0.3 is 5.11 Å². The Labute approximate surface area is 426 Å². The molecule has 1 N–H and O–H groups in total. The summed E-state index contributed by atoms with van der Waals surface area (Å²) in [6.07, 6.45) is 0. The van der Waals surface area contributed by atoms with Crippen LogP contribution in [0, 0.1) is 5.82 Å². The molecule has 10 aromatic rings. The van der Waals surface area contributed by atoms with E-state index in [-0.39, 0.29) is 39.6 Å². The van der Waals surface area contributed by atoms with Crippen LogP contribution in [0.4, 0.5) is 4.39 Å². The van der Waals surface area contributed by atoms with E-state index < -0.39 is 8.07 Å². The molecule has 0 saturated heterocycles. The third-order valence-corrected chi connectivity index (χ3v) is 16.8. The van der Waals surface area contributed by atoms with E-state index in [4.69, 9.17) is 15.0 Å². The molecule has 0 bridgehead atoms. The summed E-state index contributed by atoms with van der Waals surface area (Å²) in [7, 11) is -1.77. The Kier molecular flexibility index (Phi) is 11.5. The first-order valence-electron chi connectivity index (χ1n) is 25.7. The number of phenols is 1. The summed E-state index contributed by atoms with van der Waals surface area (Å²) >= 11 is 0. The van der Waals surface area contributed by atoms with Crippen molar-refractivity contribution in [2.75, 3.05) is 0 Å². The number of nitrogens with zero attached hydrogens (tertiary/aromatic N) is 5. The van der Waals surface area contributed by atoms with Gasteiger partial charge in [0.2, 0.25) is 0 Å². The van der Waals surface area contributed by atoms with Crippen LogP contribution in [0.1, 0.15) is 130 Å². The van der Waals surface area contributed by atoms with Gasteiger partial charge >= 0.3 is 0 Å². The summed E-state index contributed by atoms with van der Waals surface area (Å²) in [5, 5.41) is 17.0. The van der Waals surface area contributed by atoms with Gasteiger partial charge in [-0.2, -0.15) is 0 Å². The Morgan fingerprint density at radius 1 is 0.583 bits per heavy atom. The third-order valence-electron chi connectivity index (χ3n) is 14.8. The van der Waals surface area contributed by atoms with E-state index in [1.807, 2.05) is 22.6 Å². The fraction of sp³-hybridized carbons (Fsp3) is 0.328. The largest absolute Gasteiger partial charge is 0.507 e. The summed E-state index contributed by atoms with van der Waals surface area (Å²) in [4.78, 5) is 16.0. The number of benzene rings is 6. The van der Waals surface area contributed by atoms with Crippen LogP contribution in [0.15, 0.2) is 115 Å². The number of pyridine rings is 2. The highest BCUT2D eigenvalue weighted by atomic mass is 28.3. The Morgan fingerprint density at radius 3 is 1.82 bits per heavy atom. The molecule has 0 unspecified atom stereocenters. The lowest BCUT2D eigenvalue weighted by Gasteiger charge is -2.29. The number of para-hydroxylation sites is 1. The zero-order valence-electron chi connectivity index (χ0n) is 45.2. The first kappa shape index (κ1) is 49.0. The van der Waals surface area contributed by atoms with Crippen molar-refractivity contribution in [1.82, 2.24) is 23.9 Å². The third kappa shape index (κ3) is 8.29. The van der Waals surface area contributed by atoms with Crippen molar-refractivity contribution in [3.8, 4) is 45.2 Å². The summed E-state index contributed by atoms with van der Waals surface area (Å²) < 4.78 is 19.8. The molecule has 368 valence electrons. The number of halogens is 1. The number of aromatic hydroxyl groups is 1. The lowest BCUT2D eigenvalue weighted by Crippen LogP contribution is -2.38. The predicted molar refractivity (Wildman–Crippen MR) is 305 cm³/mol. The van der Waals surface area contributed by atoms with Gasteiger partial charge in [0.25, 0.3) is 0 Å². The van der Waals surface area contributed by atoms with E-state index in [1.165, 1.54) is 22.4 Å². The van der Waals surface area contributed by atoms with Gasteiger partial charge in [-0.25, -0.2) is 19.3 Å². The smallest absolute Gasteiger partial charge is 0.179 e. The average molecular weight is 972 g/mol. The summed E-state index contributed by atoms with van der Waals surface area (Å²) in [6, 6.07) is 40.3. The number of phenolic OH excluding ortho intramolecular Hbond substituents is 1. The molecule has 0 atom stereocenters. The van der Waals surface area contributed by atoms with Gasteiger partial charge in [-0.3, -0.25) is 8.97 Å².